The van der Waals surface area contributed by atoms with Crippen molar-refractivity contribution < 1.29 is 5.11 Å². The standard InChI is InChI=1S/C15H18N2O/c1-12(9-13-4-6-15(18)7-5-13)17-11-14-3-2-8-16-10-14/h2-8,10,12,17-18H,9,11H2,1H3. The molecule has 0 aliphatic rings. The van der Waals surface area contributed by atoms with Crippen molar-refractivity contribution in [3.05, 3.63) is 59.9 Å². The van der Waals surface area contributed by atoms with Crippen LogP contribution in [0.3, 0.4) is 0 Å². The van der Waals surface area contributed by atoms with E-state index >= 15 is 0 Å². The molecule has 0 amide bonds. The summed E-state index contributed by atoms with van der Waals surface area (Å²) in [4.78, 5) is 4.09. The third-order valence-electron chi connectivity index (χ3n) is 2.86. The highest BCUT2D eigenvalue weighted by Gasteiger charge is 2.03. The minimum absolute atomic E-state index is 0.315. The minimum Gasteiger partial charge on any atom is -0.508 e. The maximum atomic E-state index is 9.22. The average Bonchev–Trinajstić information content (AvgIpc) is 2.40. The van der Waals surface area contributed by atoms with Gasteiger partial charge in [0.25, 0.3) is 0 Å². The molecule has 2 N–H and O–H groups in total. The summed E-state index contributed by atoms with van der Waals surface area (Å²) >= 11 is 0. The summed E-state index contributed by atoms with van der Waals surface area (Å²) in [7, 11) is 0. The average molecular weight is 242 g/mol. The van der Waals surface area contributed by atoms with Crippen LogP contribution in [0.15, 0.2) is 48.8 Å². The molecule has 0 aliphatic heterocycles. The number of hydrogen-bond acceptors (Lipinski definition) is 3. The zero-order valence-corrected chi connectivity index (χ0v) is 10.5. The van der Waals surface area contributed by atoms with Crippen molar-refractivity contribution in [2.45, 2.75) is 25.9 Å². The Labute approximate surface area is 108 Å². The van der Waals surface area contributed by atoms with Crippen LogP contribution in [0.2, 0.25) is 0 Å². The molecule has 0 bridgehead atoms. The van der Waals surface area contributed by atoms with Crippen LogP contribution >= 0.6 is 0 Å². The van der Waals surface area contributed by atoms with Gasteiger partial charge in [0.2, 0.25) is 0 Å². The third-order valence-corrected chi connectivity index (χ3v) is 2.86. The number of phenolic OH excluding ortho intramolecular Hbond substituents is 1. The highest BCUT2D eigenvalue weighted by Crippen LogP contribution is 2.11. The lowest BCUT2D eigenvalue weighted by molar-refractivity contribution is 0.474. The summed E-state index contributed by atoms with van der Waals surface area (Å²) in [5, 5.41) is 12.7. The van der Waals surface area contributed by atoms with Crippen molar-refractivity contribution in [3.8, 4) is 5.75 Å². The van der Waals surface area contributed by atoms with Gasteiger partial charge in [-0.05, 0) is 42.7 Å². The van der Waals surface area contributed by atoms with Crippen LogP contribution in [0.25, 0.3) is 0 Å². The molecule has 0 fully saturated rings. The van der Waals surface area contributed by atoms with Crippen LogP contribution in [0, 0.1) is 0 Å². The Kier molecular flexibility index (Phi) is 4.31. The molecule has 18 heavy (non-hydrogen) atoms. The van der Waals surface area contributed by atoms with Gasteiger partial charge in [-0.3, -0.25) is 4.98 Å². The molecule has 2 aromatic rings. The largest absolute Gasteiger partial charge is 0.508 e. The van der Waals surface area contributed by atoms with Crippen LogP contribution in [-0.2, 0) is 13.0 Å². The number of nitrogens with zero attached hydrogens (tertiary/aromatic N) is 1. The van der Waals surface area contributed by atoms with E-state index in [1.807, 2.05) is 24.4 Å². The zero-order valence-electron chi connectivity index (χ0n) is 10.5. The maximum Gasteiger partial charge on any atom is 0.115 e. The summed E-state index contributed by atoms with van der Waals surface area (Å²) in [5.41, 5.74) is 2.41. The van der Waals surface area contributed by atoms with Crippen LogP contribution in [0.1, 0.15) is 18.1 Å². The third kappa shape index (κ3) is 3.86. The molecule has 2 rings (SSSR count). The molecule has 1 aromatic carbocycles. The first-order valence-corrected chi connectivity index (χ1v) is 6.14. The molecule has 0 saturated carbocycles. The number of benzene rings is 1. The van der Waals surface area contributed by atoms with Crippen LogP contribution in [0.4, 0.5) is 0 Å². The first-order chi connectivity index (χ1) is 8.74. The van der Waals surface area contributed by atoms with E-state index in [0.717, 1.165) is 13.0 Å². The molecular formula is C15H18N2O. The van der Waals surface area contributed by atoms with E-state index in [0.29, 0.717) is 11.8 Å². The highest BCUT2D eigenvalue weighted by atomic mass is 16.3. The van der Waals surface area contributed by atoms with Gasteiger partial charge in [0.15, 0.2) is 0 Å². The SMILES string of the molecule is CC(Cc1ccc(O)cc1)NCc1cccnc1. The summed E-state index contributed by atoms with van der Waals surface area (Å²) < 4.78 is 0. The van der Waals surface area contributed by atoms with Gasteiger partial charge in [0.05, 0.1) is 0 Å². The summed E-state index contributed by atoms with van der Waals surface area (Å²) in [6, 6.07) is 11.8. The Morgan fingerprint density at radius 3 is 2.61 bits per heavy atom. The zero-order chi connectivity index (χ0) is 12.8. The fraction of sp³-hybridized carbons (Fsp3) is 0.267. The summed E-state index contributed by atoms with van der Waals surface area (Å²) in [5.74, 6) is 0.315. The molecule has 0 saturated heterocycles. The van der Waals surface area contributed by atoms with Gasteiger partial charge in [-0.25, -0.2) is 0 Å². The van der Waals surface area contributed by atoms with Gasteiger partial charge in [-0.15, -0.1) is 0 Å². The lowest BCUT2D eigenvalue weighted by Gasteiger charge is -2.13. The lowest BCUT2D eigenvalue weighted by Crippen LogP contribution is -2.27. The van der Waals surface area contributed by atoms with Gasteiger partial charge < -0.3 is 10.4 Å². The fourth-order valence-corrected chi connectivity index (χ4v) is 1.85. The molecule has 1 aromatic heterocycles. The Balaban J connectivity index is 1.82. The quantitative estimate of drug-likeness (QED) is 0.846. The second-order valence-corrected chi connectivity index (χ2v) is 4.51. The molecular weight excluding hydrogens is 224 g/mol. The topological polar surface area (TPSA) is 45.1 Å². The van der Waals surface area contributed by atoms with Crippen molar-refractivity contribution in [1.82, 2.24) is 10.3 Å². The molecule has 94 valence electrons. The predicted octanol–water partition coefficient (Wildman–Crippen LogP) is 2.51. The molecule has 1 heterocycles. The van der Waals surface area contributed by atoms with E-state index in [1.54, 1.807) is 18.3 Å². The fourth-order valence-electron chi connectivity index (χ4n) is 1.85. The monoisotopic (exact) mass is 242 g/mol. The Bertz CT molecular complexity index is 468. The van der Waals surface area contributed by atoms with E-state index < -0.39 is 0 Å². The van der Waals surface area contributed by atoms with E-state index in [-0.39, 0.29) is 0 Å². The van der Waals surface area contributed by atoms with Crippen LogP contribution in [-0.4, -0.2) is 16.1 Å². The number of pyridine rings is 1. The first kappa shape index (κ1) is 12.6. The van der Waals surface area contributed by atoms with Crippen molar-refractivity contribution in [1.29, 1.82) is 0 Å². The number of aromatic nitrogens is 1. The minimum atomic E-state index is 0.315. The molecule has 0 aliphatic carbocycles. The van der Waals surface area contributed by atoms with Gasteiger partial charge >= 0.3 is 0 Å². The predicted molar refractivity (Wildman–Crippen MR) is 72.3 cm³/mol. The molecule has 1 atom stereocenters. The second kappa shape index (κ2) is 6.17. The van der Waals surface area contributed by atoms with Crippen LogP contribution < -0.4 is 5.32 Å². The lowest BCUT2D eigenvalue weighted by atomic mass is 10.1. The highest BCUT2D eigenvalue weighted by molar-refractivity contribution is 5.26. The number of aromatic hydroxyl groups is 1. The van der Waals surface area contributed by atoms with Crippen molar-refractivity contribution in [2.24, 2.45) is 0 Å². The number of rotatable bonds is 5. The number of phenols is 1. The van der Waals surface area contributed by atoms with Crippen LogP contribution in [0.5, 0.6) is 5.75 Å². The van der Waals surface area contributed by atoms with Gasteiger partial charge in [-0.2, -0.15) is 0 Å². The Hall–Kier alpha value is -1.87. The van der Waals surface area contributed by atoms with Gasteiger partial charge in [-0.1, -0.05) is 18.2 Å². The normalized spacial score (nSPS) is 12.3. The summed E-state index contributed by atoms with van der Waals surface area (Å²) in [6.07, 6.45) is 4.60. The summed E-state index contributed by atoms with van der Waals surface area (Å²) in [6.45, 7) is 2.98. The number of nitrogens with one attached hydrogen (secondary N) is 1. The van der Waals surface area contributed by atoms with Gasteiger partial charge in [0.1, 0.15) is 5.75 Å². The Morgan fingerprint density at radius 2 is 1.94 bits per heavy atom. The molecule has 3 heteroatoms. The van der Waals surface area contributed by atoms with Crippen molar-refractivity contribution in [3.63, 3.8) is 0 Å². The molecule has 1 unspecified atom stereocenters. The Morgan fingerprint density at radius 1 is 1.17 bits per heavy atom. The molecule has 0 spiro atoms. The first-order valence-electron chi connectivity index (χ1n) is 6.14. The smallest absolute Gasteiger partial charge is 0.115 e. The van der Waals surface area contributed by atoms with Crippen molar-refractivity contribution in [2.75, 3.05) is 0 Å². The van der Waals surface area contributed by atoms with Crippen molar-refractivity contribution >= 4 is 0 Å². The van der Waals surface area contributed by atoms with E-state index in [2.05, 4.69) is 23.3 Å². The van der Waals surface area contributed by atoms with E-state index in [1.165, 1.54) is 11.1 Å². The van der Waals surface area contributed by atoms with E-state index in [9.17, 15) is 5.11 Å². The van der Waals surface area contributed by atoms with E-state index in [4.69, 9.17) is 0 Å². The van der Waals surface area contributed by atoms with Gasteiger partial charge in [0, 0.05) is 25.0 Å². The molecule has 3 nitrogen and oxygen atoms in total. The second-order valence-electron chi connectivity index (χ2n) is 4.51. The maximum absolute atomic E-state index is 9.22. The number of hydrogen-bond donors (Lipinski definition) is 2. The molecule has 0 radical (unpaired) electrons.